The smallest absolute Gasteiger partial charge is 0.260 e. The fourth-order valence-corrected chi connectivity index (χ4v) is 5.09. The molecule has 2 atom stereocenters. The number of hydrogen-bond acceptors (Lipinski definition) is 6. The highest BCUT2D eigenvalue weighted by molar-refractivity contribution is 7.89. The number of benzene rings is 2. The Morgan fingerprint density at radius 1 is 1.23 bits per heavy atom. The number of aromatic nitrogens is 1. The molecule has 0 aliphatic carbocycles. The first-order valence-corrected chi connectivity index (χ1v) is 11.1. The van der Waals surface area contributed by atoms with E-state index in [4.69, 9.17) is 22.9 Å². The lowest BCUT2D eigenvalue weighted by Crippen LogP contribution is -2.48. The molecule has 1 aliphatic heterocycles. The Balaban J connectivity index is 1.67. The second-order valence-corrected chi connectivity index (χ2v) is 9.54. The topological polar surface area (TPSA) is 104 Å². The van der Waals surface area contributed by atoms with Gasteiger partial charge in [-0.1, -0.05) is 41.9 Å². The molecule has 1 aromatic heterocycles. The van der Waals surface area contributed by atoms with Gasteiger partial charge in [0, 0.05) is 18.1 Å². The van der Waals surface area contributed by atoms with E-state index in [-0.39, 0.29) is 18.1 Å². The molecule has 0 saturated carbocycles. The summed E-state index contributed by atoms with van der Waals surface area (Å²) in [6.45, 7) is 6.07. The zero-order valence-electron chi connectivity index (χ0n) is 16.1. The summed E-state index contributed by atoms with van der Waals surface area (Å²) in [7, 11) is -4.04. The Hall–Kier alpha value is -2.74. The minimum Gasteiger partial charge on any atom is -0.485 e. The minimum atomic E-state index is -4.04. The Bertz CT molecular complexity index is 1280. The Kier molecular flexibility index (Phi) is 5.60. The highest BCUT2D eigenvalue weighted by atomic mass is 35.5. The van der Waals surface area contributed by atoms with Gasteiger partial charge in [-0.25, -0.2) is 18.2 Å². The fourth-order valence-electron chi connectivity index (χ4n) is 3.56. The highest BCUT2D eigenvalue weighted by Gasteiger charge is 2.51. The van der Waals surface area contributed by atoms with Crippen LogP contribution in [0.4, 0.5) is 5.69 Å². The number of nitrogens with zero attached hydrogens (tertiary/aromatic N) is 3. The average molecular weight is 460 g/mol. The van der Waals surface area contributed by atoms with Crippen molar-refractivity contribution in [3.05, 3.63) is 71.2 Å². The number of hydrogen-bond donors (Lipinski definition) is 2. The van der Waals surface area contributed by atoms with Crippen LogP contribution in [-0.4, -0.2) is 59.3 Å². The molecule has 0 unspecified atom stereocenters. The molecule has 2 aromatic carbocycles. The van der Waals surface area contributed by atoms with Crippen molar-refractivity contribution in [2.24, 2.45) is 0 Å². The predicted octanol–water partition coefficient (Wildman–Crippen LogP) is 2.61. The molecule has 0 amide bonds. The standard InChI is InChI=1S/C21H18ClN3O5S/c1-23-17-7-8-18(16-5-3-2-4-15(16)17)30-19-11-25(12-21(19,27)13-26)31(28,29)20-9-6-14(22)10-24-20/h2-10,19,26-27H,11-13H2/t19-,21+/m0/s1. The van der Waals surface area contributed by atoms with Gasteiger partial charge in [0.2, 0.25) is 0 Å². The molecule has 2 N–H and O–H groups in total. The first-order valence-electron chi connectivity index (χ1n) is 9.29. The van der Waals surface area contributed by atoms with Gasteiger partial charge in [-0.05, 0) is 23.6 Å². The lowest BCUT2D eigenvalue weighted by Gasteiger charge is -2.27. The molecular formula is C21H18ClN3O5S. The van der Waals surface area contributed by atoms with Crippen molar-refractivity contribution in [3.63, 3.8) is 0 Å². The summed E-state index contributed by atoms with van der Waals surface area (Å²) in [6, 6.07) is 13.0. The maximum Gasteiger partial charge on any atom is 0.260 e. The van der Waals surface area contributed by atoms with Crippen LogP contribution in [-0.2, 0) is 10.0 Å². The van der Waals surface area contributed by atoms with Crippen molar-refractivity contribution in [3.8, 4) is 5.75 Å². The molecule has 1 saturated heterocycles. The van der Waals surface area contributed by atoms with Gasteiger partial charge in [-0.2, -0.15) is 4.31 Å². The van der Waals surface area contributed by atoms with Crippen LogP contribution in [0.1, 0.15) is 0 Å². The van der Waals surface area contributed by atoms with E-state index in [0.29, 0.717) is 27.2 Å². The lowest BCUT2D eigenvalue weighted by molar-refractivity contribution is -0.0636. The van der Waals surface area contributed by atoms with Crippen molar-refractivity contribution in [2.75, 3.05) is 19.7 Å². The van der Waals surface area contributed by atoms with E-state index in [1.165, 1.54) is 18.3 Å². The molecule has 4 rings (SSSR count). The second-order valence-electron chi connectivity index (χ2n) is 7.22. The van der Waals surface area contributed by atoms with Gasteiger partial charge < -0.3 is 14.9 Å². The summed E-state index contributed by atoms with van der Waals surface area (Å²) in [6.07, 6.45) is 0.184. The maximum absolute atomic E-state index is 13.0. The number of aliphatic hydroxyl groups is 2. The molecule has 0 radical (unpaired) electrons. The number of fused-ring (bicyclic) bond motifs is 1. The van der Waals surface area contributed by atoms with Crippen LogP contribution >= 0.6 is 11.6 Å². The van der Waals surface area contributed by atoms with Gasteiger partial charge in [0.25, 0.3) is 10.0 Å². The highest BCUT2D eigenvalue weighted by Crippen LogP contribution is 2.36. The van der Waals surface area contributed by atoms with Crippen LogP contribution in [0, 0.1) is 6.57 Å². The van der Waals surface area contributed by atoms with Crippen LogP contribution in [0.15, 0.2) is 59.8 Å². The SMILES string of the molecule is [C-]#[N+]c1ccc(O[C@H]2CN(S(=O)(=O)c3ccc(Cl)cn3)C[C@@]2(O)CO)c2ccccc12. The summed E-state index contributed by atoms with van der Waals surface area (Å²) in [5, 5.41) is 22.2. The summed E-state index contributed by atoms with van der Waals surface area (Å²) in [4.78, 5) is 7.36. The molecule has 160 valence electrons. The number of aliphatic hydroxyl groups excluding tert-OH is 1. The molecule has 3 aromatic rings. The fraction of sp³-hybridized carbons (Fsp3) is 0.238. The molecule has 2 heterocycles. The van der Waals surface area contributed by atoms with Gasteiger partial charge in [0.1, 0.15) is 17.5 Å². The molecule has 31 heavy (non-hydrogen) atoms. The van der Waals surface area contributed by atoms with Gasteiger partial charge in [0.05, 0.1) is 24.7 Å². The molecular weight excluding hydrogens is 442 g/mol. The number of rotatable bonds is 5. The van der Waals surface area contributed by atoms with Crippen molar-refractivity contribution < 1.29 is 23.4 Å². The number of sulfonamides is 1. The van der Waals surface area contributed by atoms with Gasteiger partial charge in [-0.3, -0.25) is 0 Å². The number of β-amino-alcohol motifs (C(OH)–C–C–N with tert-alkyl or cyclic N) is 1. The molecule has 1 fully saturated rings. The average Bonchev–Trinajstić information content (AvgIpc) is 3.12. The van der Waals surface area contributed by atoms with Gasteiger partial charge >= 0.3 is 0 Å². The summed E-state index contributed by atoms with van der Waals surface area (Å²) < 4.78 is 33.0. The molecule has 8 nitrogen and oxygen atoms in total. The maximum atomic E-state index is 13.0. The van der Waals surface area contributed by atoms with E-state index in [2.05, 4.69) is 9.83 Å². The van der Waals surface area contributed by atoms with E-state index >= 15 is 0 Å². The van der Waals surface area contributed by atoms with Crippen LogP contribution in [0.2, 0.25) is 5.02 Å². The normalized spacial score (nSPS) is 21.8. The quantitative estimate of drug-likeness (QED) is 0.568. The zero-order valence-corrected chi connectivity index (χ0v) is 17.7. The monoisotopic (exact) mass is 459 g/mol. The number of ether oxygens (including phenoxy) is 1. The summed E-state index contributed by atoms with van der Waals surface area (Å²) in [5.41, 5.74) is -1.37. The number of halogens is 1. The molecule has 1 aliphatic rings. The van der Waals surface area contributed by atoms with E-state index in [1.807, 2.05) is 0 Å². The van der Waals surface area contributed by atoms with E-state index < -0.39 is 28.3 Å². The third-order valence-electron chi connectivity index (χ3n) is 5.25. The van der Waals surface area contributed by atoms with E-state index in [0.717, 1.165) is 4.31 Å². The number of pyridine rings is 1. The molecule has 0 spiro atoms. The van der Waals surface area contributed by atoms with Gasteiger partial charge in [0.15, 0.2) is 10.7 Å². The van der Waals surface area contributed by atoms with E-state index in [1.54, 1.807) is 36.4 Å². The van der Waals surface area contributed by atoms with Crippen molar-refractivity contribution in [1.29, 1.82) is 0 Å². The van der Waals surface area contributed by atoms with Crippen LogP contribution < -0.4 is 4.74 Å². The summed E-state index contributed by atoms with van der Waals surface area (Å²) in [5.74, 6) is 0.378. The third kappa shape index (κ3) is 3.84. The van der Waals surface area contributed by atoms with Crippen molar-refractivity contribution in [1.82, 2.24) is 9.29 Å². The second kappa shape index (κ2) is 8.07. The van der Waals surface area contributed by atoms with Gasteiger partial charge in [-0.15, -0.1) is 0 Å². The minimum absolute atomic E-state index is 0.192. The largest absolute Gasteiger partial charge is 0.485 e. The van der Waals surface area contributed by atoms with E-state index in [9.17, 15) is 18.6 Å². The molecule has 0 bridgehead atoms. The molecule has 10 heteroatoms. The van der Waals surface area contributed by atoms with Crippen LogP contribution in [0.3, 0.4) is 0 Å². The predicted molar refractivity (Wildman–Crippen MR) is 115 cm³/mol. The first-order chi connectivity index (χ1) is 14.8. The summed E-state index contributed by atoms with van der Waals surface area (Å²) >= 11 is 5.79. The van der Waals surface area contributed by atoms with Crippen molar-refractivity contribution >= 4 is 38.1 Å². The Morgan fingerprint density at radius 2 is 1.97 bits per heavy atom. The Labute approximate surface area is 184 Å². The third-order valence-corrected chi connectivity index (χ3v) is 7.20. The van der Waals surface area contributed by atoms with Crippen LogP contribution in [0.5, 0.6) is 5.75 Å². The first kappa shape index (κ1) is 21.5. The van der Waals surface area contributed by atoms with Crippen LogP contribution in [0.25, 0.3) is 15.6 Å². The van der Waals surface area contributed by atoms with Crippen molar-refractivity contribution in [2.45, 2.75) is 16.7 Å². The lowest BCUT2D eigenvalue weighted by atomic mass is 10.0. The zero-order chi connectivity index (χ0) is 22.2. The Morgan fingerprint density at radius 3 is 2.61 bits per heavy atom.